The van der Waals surface area contributed by atoms with Gasteiger partial charge in [0.2, 0.25) is 5.91 Å². The largest absolute Gasteiger partial charge is 0.346 e. The maximum atomic E-state index is 13.0. The second-order valence-corrected chi connectivity index (χ2v) is 7.27. The molecule has 1 fully saturated rings. The van der Waals surface area contributed by atoms with Crippen molar-refractivity contribution in [2.45, 2.75) is 44.2 Å². The van der Waals surface area contributed by atoms with Gasteiger partial charge in [-0.15, -0.1) is 0 Å². The van der Waals surface area contributed by atoms with Crippen molar-refractivity contribution in [1.82, 2.24) is 15.8 Å². The first-order valence-corrected chi connectivity index (χ1v) is 9.66. The summed E-state index contributed by atoms with van der Waals surface area (Å²) in [5, 5.41) is 0. The maximum absolute atomic E-state index is 13.0. The van der Waals surface area contributed by atoms with Gasteiger partial charge in [-0.2, -0.15) is 0 Å². The summed E-state index contributed by atoms with van der Waals surface area (Å²) >= 11 is 0. The Morgan fingerprint density at radius 3 is 2.59 bits per heavy atom. The van der Waals surface area contributed by atoms with Crippen LogP contribution in [0, 0.1) is 5.82 Å². The number of hydrazine groups is 1. The number of aryl methyl sites for hydroxylation is 1. The first-order valence-electron chi connectivity index (χ1n) is 9.66. The Morgan fingerprint density at radius 2 is 1.85 bits per heavy atom. The summed E-state index contributed by atoms with van der Waals surface area (Å²) in [4.78, 5) is 14.1. The lowest BCUT2D eigenvalue weighted by molar-refractivity contribution is -0.129. The van der Waals surface area contributed by atoms with Crippen LogP contribution in [0.3, 0.4) is 0 Å². The van der Waals surface area contributed by atoms with Crippen LogP contribution in [0.15, 0.2) is 54.6 Å². The van der Waals surface area contributed by atoms with Crippen LogP contribution in [0.1, 0.15) is 42.9 Å². The molecular weight excluding hydrogens is 341 g/mol. The SMILES string of the molecule is CN(CCCC1CC(c2ccc(F)cc2)NN1)C(=O)CCc1ccccc1. The molecular formula is C22H28FN3O. The second kappa shape index (κ2) is 9.62. The Bertz CT molecular complexity index is 720. The fourth-order valence-corrected chi connectivity index (χ4v) is 3.51. The fourth-order valence-electron chi connectivity index (χ4n) is 3.51. The van der Waals surface area contributed by atoms with Gasteiger partial charge in [-0.25, -0.2) is 4.39 Å². The van der Waals surface area contributed by atoms with Gasteiger partial charge in [0, 0.05) is 32.1 Å². The average molecular weight is 369 g/mol. The highest BCUT2D eigenvalue weighted by Crippen LogP contribution is 2.24. The normalized spacial score (nSPS) is 19.2. The van der Waals surface area contributed by atoms with Crippen molar-refractivity contribution in [2.75, 3.05) is 13.6 Å². The summed E-state index contributed by atoms with van der Waals surface area (Å²) in [6.45, 7) is 0.771. The number of nitrogens with one attached hydrogen (secondary N) is 2. The molecule has 2 unspecified atom stereocenters. The van der Waals surface area contributed by atoms with E-state index in [-0.39, 0.29) is 17.8 Å². The minimum atomic E-state index is -0.207. The van der Waals surface area contributed by atoms with Gasteiger partial charge in [-0.1, -0.05) is 42.5 Å². The molecule has 0 aliphatic carbocycles. The van der Waals surface area contributed by atoms with Gasteiger partial charge in [0.05, 0.1) is 0 Å². The van der Waals surface area contributed by atoms with Crippen molar-refractivity contribution in [2.24, 2.45) is 0 Å². The van der Waals surface area contributed by atoms with Crippen molar-refractivity contribution >= 4 is 5.91 Å². The number of benzene rings is 2. The molecule has 1 heterocycles. The van der Waals surface area contributed by atoms with Crippen LogP contribution >= 0.6 is 0 Å². The Balaban J connectivity index is 1.34. The van der Waals surface area contributed by atoms with Crippen LogP contribution in [-0.4, -0.2) is 30.4 Å². The van der Waals surface area contributed by atoms with E-state index in [1.54, 1.807) is 0 Å². The van der Waals surface area contributed by atoms with Gasteiger partial charge in [0.1, 0.15) is 5.82 Å². The van der Waals surface area contributed by atoms with Crippen molar-refractivity contribution in [3.8, 4) is 0 Å². The number of carbonyl (C=O) groups is 1. The summed E-state index contributed by atoms with van der Waals surface area (Å²) < 4.78 is 13.0. The van der Waals surface area contributed by atoms with E-state index in [4.69, 9.17) is 0 Å². The van der Waals surface area contributed by atoms with E-state index < -0.39 is 0 Å². The molecule has 1 aliphatic heterocycles. The van der Waals surface area contributed by atoms with E-state index in [1.807, 2.05) is 42.3 Å². The number of hydrogen-bond donors (Lipinski definition) is 2. The molecule has 1 aliphatic rings. The number of halogens is 1. The highest BCUT2D eigenvalue weighted by atomic mass is 19.1. The van der Waals surface area contributed by atoms with E-state index in [9.17, 15) is 9.18 Å². The molecule has 1 saturated heterocycles. The molecule has 3 rings (SSSR count). The zero-order valence-electron chi connectivity index (χ0n) is 15.8. The lowest BCUT2D eigenvalue weighted by atomic mass is 9.99. The summed E-state index contributed by atoms with van der Waals surface area (Å²) in [5.74, 6) is -0.0122. The second-order valence-electron chi connectivity index (χ2n) is 7.27. The number of carbonyl (C=O) groups excluding carboxylic acids is 1. The van der Waals surface area contributed by atoms with Crippen molar-refractivity contribution in [3.63, 3.8) is 0 Å². The van der Waals surface area contributed by atoms with Crippen LogP contribution < -0.4 is 10.9 Å². The topological polar surface area (TPSA) is 44.4 Å². The fraction of sp³-hybridized carbons (Fsp3) is 0.409. The minimum absolute atomic E-state index is 0.195. The number of amides is 1. The summed E-state index contributed by atoms with van der Waals surface area (Å²) in [5.41, 5.74) is 8.91. The van der Waals surface area contributed by atoms with Gasteiger partial charge >= 0.3 is 0 Å². The van der Waals surface area contributed by atoms with Crippen LogP contribution in [0.5, 0.6) is 0 Å². The van der Waals surface area contributed by atoms with E-state index in [2.05, 4.69) is 23.0 Å². The van der Waals surface area contributed by atoms with Crippen molar-refractivity contribution in [3.05, 3.63) is 71.5 Å². The third-order valence-electron chi connectivity index (χ3n) is 5.20. The van der Waals surface area contributed by atoms with Gasteiger partial charge in [-0.3, -0.25) is 15.6 Å². The Labute approximate surface area is 160 Å². The molecule has 0 aromatic heterocycles. The van der Waals surface area contributed by atoms with Gasteiger partial charge in [0.15, 0.2) is 0 Å². The number of nitrogens with zero attached hydrogens (tertiary/aromatic N) is 1. The van der Waals surface area contributed by atoms with Crippen LogP contribution in [0.4, 0.5) is 4.39 Å². The average Bonchev–Trinajstić information content (AvgIpc) is 3.16. The third kappa shape index (κ3) is 5.88. The molecule has 0 spiro atoms. The third-order valence-corrected chi connectivity index (χ3v) is 5.20. The standard InChI is InChI=1S/C22H28FN3O/c1-26(22(27)14-9-17-6-3-2-4-7-17)15-5-8-20-16-21(25-24-20)18-10-12-19(23)13-11-18/h2-4,6-7,10-13,20-21,24-25H,5,8-9,14-16H2,1H3. The first-order chi connectivity index (χ1) is 13.1. The number of hydrogen-bond acceptors (Lipinski definition) is 3. The number of rotatable bonds is 8. The zero-order valence-corrected chi connectivity index (χ0v) is 15.8. The molecule has 0 bridgehead atoms. The van der Waals surface area contributed by atoms with E-state index >= 15 is 0 Å². The van der Waals surface area contributed by atoms with Gasteiger partial charge in [-0.05, 0) is 48.9 Å². The highest BCUT2D eigenvalue weighted by molar-refractivity contribution is 5.76. The van der Waals surface area contributed by atoms with Crippen LogP contribution in [0.2, 0.25) is 0 Å². The van der Waals surface area contributed by atoms with Crippen molar-refractivity contribution < 1.29 is 9.18 Å². The lowest BCUT2D eigenvalue weighted by Crippen LogP contribution is -2.32. The zero-order chi connectivity index (χ0) is 19.1. The quantitative estimate of drug-likeness (QED) is 0.747. The van der Waals surface area contributed by atoms with Gasteiger partial charge in [0.25, 0.3) is 0 Å². The Kier molecular flexibility index (Phi) is 6.96. The summed E-state index contributed by atoms with van der Waals surface area (Å²) in [6.07, 6.45) is 4.27. The monoisotopic (exact) mass is 369 g/mol. The Morgan fingerprint density at radius 1 is 1.11 bits per heavy atom. The van der Waals surface area contributed by atoms with Crippen molar-refractivity contribution in [1.29, 1.82) is 0 Å². The predicted octanol–water partition coefficient (Wildman–Crippen LogP) is 3.60. The molecule has 144 valence electrons. The predicted molar refractivity (Wildman–Crippen MR) is 105 cm³/mol. The molecule has 0 saturated carbocycles. The first kappa shape index (κ1) is 19.5. The molecule has 2 aromatic carbocycles. The smallest absolute Gasteiger partial charge is 0.222 e. The molecule has 1 amide bonds. The molecule has 5 heteroatoms. The summed E-state index contributed by atoms with van der Waals surface area (Å²) in [6, 6.07) is 17.4. The highest BCUT2D eigenvalue weighted by Gasteiger charge is 2.24. The van der Waals surface area contributed by atoms with E-state index in [0.717, 1.165) is 37.8 Å². The summed E-state index contributed by atoms with van der Waals surface area (Å²) in [7, 11) is 1.88. The van der Waals surface area contributed by atoms with E-state index in [1.165, 1.54) is 17.7 Å². The Hall–Kier alpha value is -2.24. The van der Waals surface area contributed by atoms with E-state index in [0.29, 0.717) is 12.5 Å². The van der Waals surface area contributed by atoms with Crippen LogP contribution in [0.25, 0.3) is 0 Å². The molecule has 0 radical (unpaired) electrons. The lowest BCUT2D eigenvalue weighted by Gasteiger charge is -2.18. The maximum Gasteiger partial charge on any atom is 0.222 e. The molecule has 27 heavy (non-hydrogen) atoms. The van der Waals surface area contributed by atoms with Crippen LogP contribution in [-0.2, 0) is 11.2 Å². The molecule has 2 atom stereocenters. The molecule has 4 nitrogen and oxygen atoms in total. The minimum Gasteiger partial charge on any atom is -0.346 e. The molecule has 2 N–H and O–H groups in total. The van der Waals surface area contributed by atoms with Gasteiger partial charge < -0.3 is 4.90 Å². The molecule has 2 aromatic rings.